The van der Waals surface area contributed by atoms with E-state index in [1.54, 1.807) is 12.1 Å². The number of alkyl halides is 2. The Morgan fingerprint density at radius 3 is 2.21 bits per heavy atom. The Kier molecular flexibility index (Phi) is 2.15. The quantitative estimate of drug-likeness (QED) is 0.578. The monoisotopic (exact) mass is 198 g/mol. The maximum absolute atomic E-state index is 13.5. The largest absolute Gasteiger partial charge is 0.324 e. The maximum atomic E-state index is 13.5. The molecule has 0 bridgehead atoms. The first-order chi connectivity index (χ1) is 6.64. The number of nitrogens with one attached hydrogen (secondary N) is 1. The lowest BCUT2D eigenvalue weighted by Crippen LogP contribution is -2.16. The van der Waals surface area contributed by atoms with E-state index in [2.05, 4.69) is 5.43 Å². The Morgan fingerprint density at radius 1 is 1.21 bits per heavy atom. The van der Waals surface area contributed by atoms with Crippen LogP contribution < -0.4 is 11.3 Å². The number of hydrogen-bond donors (Lipinski definition) is 2. The van der Waals surface area contributed by atoms with E-state index in [0.717, 1.165) is 0 Å². The van der Waals surface area contributed by atoms with Crippen molar-refractivity contribution in [2.75, 3.05) is 5.43 Å². The second-order valence-corrected chi connectivity index (χ2v) is 3.62. The Balaban J connectivity index is 2.23. The van der Waals surface area contributed by atoms with Crippen molar-refractivity contribution in [2.45, 2.75) is 18.8 Å². The minimum Gasteiger partial charge on any atom is -0.324 e. The lowest BCUT2D eigenvalue weighted by Gasteiger charge is -2.15. The summed E-state index contributed by atoms with van der Waals surface area (Å²) < 4.78 is 27.1. The molecule has 0 saturated heterocycles. The fourth-order valence-corrected chi connectivity index (χ4v) is 1.47. The maximum Gasteiger partial charge on any atom is 0.276 e. The van der Waals surface area contributed by atoms with E-state index in [-0.39, 0.29) is 5.56 Å². The summed E-state index contributed by atoms with van der Waals surface area (Å²) in [6, 6.07) is 5.97. The van der Waals surface area contributed by atoms with Gasteiger partial charge in [-0.2, -0.15) is 0 Å². The van der Waals surface area contributed by atoms with Crippen LogP contribution in [0.15, 0.2) is 24.3 Å². The van der Waals surface area contributed by atoms with E-state index in [1.165, 1.54) is 12.1 Å². The van der Waals surface area contributed by atoms with Crippen LogP contribution in [0.1, 0.15) is 18.4 Å². The second-order valence-electron chi connectivity index (χ2n) is 3.62. The summed E-state index contributed by atoms with van der Waals surface area (Å²) in [5.41, 5.74) is 3.13. The summed E-state index contributed by atoms with van der Waals surface area (Å²) in [7, 11) is 0. The zero-order valence-electron chi connectivity index (χ0n) is 7.63. The number of nitrogen functional groups attached to an aromatic ring is 1. The molecule has 4 heteroatoms. The number of rotatable bonds is 3. The molecule has 1 aliphatic rings. The number of hydrogen-bond acceptors (Lipinski definition) is 2. The molecule has 0 heterocycles. The topological polar surface area (TPSA) is 38.0 Å². The van der Waals surface area contributed by atoms with Crippen molar-refractivity contribution in [3.63, 3.8) is 0 Å². The first-order valence-corrected chi connectivity index (χ1v) is 4.59. The summed E-state index contributed by atoms with van der Waals surface area (Å²) >= 11 is 0. The average molecular weight is 198 g/mol. The first-order valence-electron chi connectivity index (χ1n) is 4.59. The van der Waals surface area contributed by atoms with Gasteiger partial charge in [0.25, 0.3) is 5.92 Å². The van der Waals surface area contributed by atoms with Crippen molar-refractivity contribution in [2.24, 2.45) is 11.8 Å². The summed E-state index contributed by atoms with van der Waals surface area (Å²) in [5, 5.41) is 0. The molecular weight excluding hydrogens is 186 g/mol. The third-order valence-electron chi connectivity index (χ3n) is 2.53. The first kappa shape index (κ1) is 9.40. The highest BCUT2D eigenvalue weighted by atomic mass is 19.3. The van der Waals surface area contributed by atoms with Crippen molar-refractivity contribution in [1.29, 1.82) is 0 Å². The number of halogens is 2. The summed E-state index contributed by atoms with van der Waals surface area (Å²) in [5.74, 6) is 2.01. The molecule has 0 radical (unpaired) electrons. The van der Waals surface area contributed by atoms with Gasteiger partial charge in [-0.15, -0.1) is 0 Å². The van der Waals surface area contributed by atoms with E-state index < -0.39 is 11.8 Å². The minimum atomic E-state index is -2.67. The van der Waals surface area contributed by atoms with Gasteiger partial charge in [-0.05, 0) is 25.0 Å². The van der Waals surface area contributed by atoms with Crippen LogP contribution in [-0.4, -0.2) is 0 Å². The van der Waals surface area contributed by atoms with Crippen molar-refractivity contribution >= 4 is 5.69 Å². The molecule has 1 saturated carbocycles. The number of hydrazine groups is 1. The van der Waals surface area contributed by atoms with Crippen LogP contribution >= 0.6 is 0 Å². The van der Waals surface area contributed by atoms with Gasteiger partial charge in [0.05, 0.1) is 0 Å². The fourth-order valence-electron chi connectivity index (χ4n) is 1.47. The lowest BCUT2D eigenvalue weighted by molar-refractivity contribution is -0.0285. The average Bonchev–Trinajstić information content (AvgIpc) is 3.01. The Bertz CT molecular complexity index is 317. The molecule has 2 rings (SSSR count). The Hall–Kier alpha value is -1.16. The van der Waals surface area contributed by atoms with Crippen LogP contribution in [0.4, 0.5) is 14.5 Å². The highest BCUT2D eigenvalue weighted by Crippen LogP contribution is 2.49. The number of benzene rings is 1. The Labute approximate surface area is 81.1 Å². The van der Waals surface area contributed by atoms with Crippen molar-refractivity contribution < 1.29 is 8.78 Å². The van der Waals surface area contributed by atoms with Crippen LogP contribution in [0.2, 0.25) is 0 Å². The molecule has 1 aromatic carbocycles. The van der Waals surface area contributed by atoms with Crippen molar-refractivity contribution in [3.8, 4) is 0 Å². The molecular formula is C10H12F2N2. The van der Waals surface area contributed by atoms with Crippen LogP contribution in [0, 0.1) is 5.92 Å². The van der Waals surface area contributed by atoms with E-state index in [0.29, 0.717) is 18.5 Å². The molecule has 1 aliphatic carbocycles. The summed E-state index contributed by atoms with van der Waals surface area (Å²) in [6.07, 6.45) is 1.26. The zero-order valence-corrected chi connectivity index (χ0v) is 7.63. The molecule has 0 spiro atoms. The molecule has 3 N–H and O–H groups in total. The normalized spacial score (nSPS) is 16.8. The molecule has 1 aromatic rings. The number of anilines is 1. The molecule has 76 valence electrons. The van der Waals surface area contributed by atoms with Gasteiger partial charge in [0.2, 0.25) is 0 Å². The predicted molar refractivity (Wildman–Crippen MR) is 50.9 cm³/mol. The van der Waals surface area contributed by atoms with Gasteiger partial charge < -0.3 is 5.43 Å². The fraction of sp³-hybridized carbons (Fsp3) is 0.400. The zero-order chi connectivity index (χ0) is 10.2. The predicted octanol–water partition coefficient (Wildman–Crippen LogP) is 2.47. The van der Waals surface area contributed by atoms with Crippen LogP contribution in [0.25, 0.3) is 0 Å². The number of nitrogens with two attached hydrogens (primary N) is 1. The van der Waals surface area contributed by atoms with Gasteiger partial charge in [-0.3, -0.25) is 5.84 Å². The summed E-state index contributed by atoms with van der Waals surface area (Å²) in [4.78, 5) is 0. The Morgan fingerprint density at radius 2 is 1.79 bits per heavy atom. The van der Waals surface area contributed by atoms with Crippen LogP contribution in [-0.2, 0) is 5.92 Å². The van der Waals surface area contributed by atoms with Crippen LogP contribution in [0.3, 0.4) is 0 Å². The van der Waals surface area contributed by atoms with E-state index in [1.807, 2.05) is 0 Å². The van der Waals surface area contributed by atoms with Crippen molar-refractivity contribution in [1.82, 2.24) is 0 Å². The molecule has 2 nitrogen and oxygen atoms in total. The molecule has 0 aromatic heterocycles. The van der Waals surface area contributed by atoms with Gasteiger partial charge >= 0.3 is 0 Å². The molecule has 0 atom stereocenters. The summed E-state index contributed by atoms with van der Waals surface area (Å²) in [6.45, 7) is 0. The minimum absolute atomic E-state index is 0.0824. The van der Waals surface area contributed by atoms with Crippen LogP contribution in [0.5, 0.6) is 0 Å². The highest BCUT2D eigenvalue weighted by molar-refractivity contribution is 5.44. The standard InChI is InChI=1S/C10H12F2N2/c11-10(12,7-1-2-7)8-3-5-9(14-13)6-4-8/h3-7,14H,1-2,13H2. The molecule has 14 heavy (non-hydrogen) atoms. The SMILES string of the molecule is NNc1ccc(C(F)(F)C2CC2)cc1. The van der Waals surface area contributed by atoms with E-state index in [9.17, 15) is 8.78 Å². The van der Waals surface area contributed by atoms with Gasteiger partial charge in [-0.1, -0.05) is 12.1 Å². The van der Waals surface area contributed by atoms with Gasteiger partial charge in [0, 0.05) is 17.2 Å². The highest BCUT2D eigenvalue weighted by Gasteiger charge is 2.47. The molecule has 0 amide bonds. The second kappa shape index (κ2) is 3.20. The van der Waals surface area contributed by atoms with Gasteiger partial charge in [-0.25, -0.2) is 8.78 Å². The van der Waals surface area contributed by atoms with Gasteiger partial charge in [0.15, 0.2) is 0 Å². The smallest absolute Gasteiger partial charge is 0.276 e. The van der Waals surface area contributed by atoms with Crippen molar-refractivity contribution in [3.05, 3.63) is 29.8 Å². The lowest BCUT2D eigenvalue weighted by atomic mass is 10.0. The van der Waals surface area contributed by atoms with Gasteiger partial charge in [0.1, 0.15) is 0 Å². The third-order valence-corrected chi connectivity index (χ3v) is 2.53. The molecule has 0 aliphatic heterocycles. The third kappa shape index (κ3) is 1.57. The molecule has 0 unspecified atom stereocenters. The van der Waals surface area contributed by atoms with E-state index >= 15 is 0 Å². The molecule has 1 fully saturated rings. The van der Waals surface area contributed by atoms with E-state index in [4.69, 9.17) is 5.84 Å².